The maximum atomic E-state index is 5.67. The van der Waals surface area contributed by atoms with Gasteiger partial charge in [0.15, 0.2) is 0 Å². The molecular weight excluding hydrogens is 114 g/mol. The Morgan fingerprint density at radius 2 is 2.33 bits per heavy atom. The fourth-order valence-electron chi connectivity index (χ4n) is 0.614. The molecule has 0 aromatic heterocycles. The number of methoxy groups -OCH3 is 1. The van der Waals surface area contributed by atoms with Crippen LogP contribution in [-0.2, 0) is 4.74 Å². The summed E-state index contributed by atoms with van der Waals surface area (Å²) in [4.78, 5) is 0. The molecule has 0 bridgehead atoms. The molecule has 2 heteroatoms. The first-order valence-electron chi connectivity index (χ1n) is 2.83. The maximum absolute atomic E-state index is 5.67. The van der Waals surface area contributed by atoms with Gasteiger partial charge in [0.2, 0.25) is 0 Å². The molecular formula is C7H13NO. The Morgan fingerprint density at radius 1 is 1.78 bits per heavy atom. The van der Waals surface area contributed by atoms with Crippen molar-refractivity contribution >= 4 is 0 Å². The minimum Gasteiger partial charge on any atom is -0.383 e. The molecule has 0 radical (unpaired) electrons. The van der Waals surface area contributed by atoms with Gasteiger partial charge in [0.25, 0.3) is 0 Å². The van der Waals surface area contributed by atoms with Gasteiger partial charge in [-0.05, 0) is 6.92 Å². The molecule has 2 nitrogen and oxygen atoms in total. The van der Waals surface area contributed by atoms with Gasteiger partial charge in [-0.2, -0.15) is 0 Å². The molecule has 2 N–H and O–H groups in total. The molecule has 0 amide bonds. The van der Waals surface area contributed by atoms with Gasteiger partial charge < -0.3 is 10.5 Å². The monoisotopic (exact) mass is 127 g/mol. The largest absolute Gasteiger partial charge is 0.383 e. The molecule has 0 saturated carbocycles. The van der Waals surface area contributed by atoms with Crippen LogP contribution in [0.15, 0.2) is 0 Å². The first kappa shape index (κ1) is 8.48. The highest BCUT2D eigenvalue weighted by Crippen LogP contribution is 2.03. The number of rotatable bonds is 3. The van der Waals surface area contributed by atoms with Gasteiger partial charge >= 0.3 is 0 Å². The summed E-state index contributed by atoms with van der Waals surface area (Å²) in [6.45, 7) is 2.38. The number of terminal acetylenes is 1. The molecule has 0 fully saturated rings. The summed E-state index contributed by atoms with van der Waals surface area (Å²) >= 11 is 0. The molecule has 0 saturated heterocycles. The van der Waals surface area contributed by atoms with Crippen LogP contribution < -0.4 is 5.73 Å². The topological polar surface area (TPSA) is 35.2 Å². The second-order valence-corrected chi connectivity index (χ2v) is 2.47. The average Bonchev–Trinajstić information content (AvgIpc) is 1.64. The van der Waals surface area contributed by atoms with Crippen LogP contribution in [0.4, 0.5) is 0 Å². The molecule has 1 unspecified atom stereocenters. The van der Waals surface area contributed by atoms with Crippen molar-refractivity contribution in [3.63, 3.8) is 0 Å². The lowest BCUT2D eigenvalue weighted by molar-refractivity contribution is 0.143. The Morgan fingerprint density at radius 3 is 2.67 bits per heavy atom. The van der Waals surface area contributed by atoms with Crippen molar-refractivity contribution in [3.05, 3.63) is 0 Å². The van der Waals surface area contributed by atoms with Crippen LogP contribution in [0.1, 0.15) is 13.3 Å². The first-order valence-corrected chi connectivity index (χ1v) is 2.83. The lowest BCUT2D eigenvalue weighted by atomic mass is 10.0. The van der Waals surface area contributed by atoms with E-state index in [1.54, 1.807) is 7.11 Å². The van der Waals surface area contributed by atoms with Crippen molar-refractivity contribution in [2.24, 2.45) is 5.73 Å². The summed E-state index contributed by atoms with van der Waals surface area (Å²) < 4.78 is 4.84. The predicted octanol–water partition coefficient (Wildman–Crippen LogP) is 0.374. The Kier molecular flexibility index (Phi) is 3.29. The molecule has 9 heavy (non-hydrogen) atoms. The molecule has 0 aliphatic carbocycles. The van der Waals surface area contributed by atoms with E-state index in [-0.39, 0.29) is 5.54 Å². The van der Waals surface area contributed by atoms with Crippen molar-refractivity contribution in [1.29, 1.82) is 0 Å². The second kappa shape index (κ2) is 3.49. The van der Waals surface area contributed by atoms with Crippen LogP contribution in [0.25, 0.3) is 0 Å². The van der Waals surface area contributed by atoms with E-state index in [1.165, 1.54) is 0 Å². The van der Waals surface area contributed by atoms with Gasteiger partial charge in [0, 0.05) is 19.1 Å². The van der Waals surface area contributed by atoms with E-state index < -0.39 is 0 Å². The van der Waals surface area contributed by atoms with Gasteiger partial charge in [-0.15, -0.1) is 12.3 Å². The standard InChI is InChI=1S/C7H13NO/c1-4-5-7(2,8)6-9-3/h1H,5-6,8H2,2-3H3. The van der Waals surface area contributed by atoms with Gasteiger partial charge in [-0.25, -0.2) is 0 Å². The number of nitrogens with two attached hydrogens (primary N) is 1. The van der Waals surface area contributed by atoms with E-state index in [4.69, 9.17) is 16.9 Å². The molecule has 0 heterocycles. The van der Waals surface area contributed by atoms with E-state index in [2.05, 4.69) is 5.92 Å². The zero-order valence-corrected chi connectivity index (χ0v) is 5.98. The highest BCUT2D eigenvalue weighted by molar-refractivity contribution is 4.95. The van der Waals surface area contributed by atoms with Gasteiger partial charge in [-0.1, -0.05) is 0 Å². The minimum absolute atomic E-state index is 0.358. The van der Waals surface area contributed by atoms with Crippen LogP contribution in [0.2, 0.25) is 0 Å². The summed E-state index contributed by atoms with van der Waals surface area (Å²) in [6.07, 6.45) is 5.62. The van der Waals surface area contributed by atoms with Crippen LogP contribution >= 0.6 is 0 Å². The summed E-state index contributed by atoms with van der Waals surface area (Å²) in [5, 5.41) is 0. The quantitative estimate of drug-likeness (QED) is 0.556. The maximum Gasteiger partial charge on any atom is 0.0649 e. The third kappa shape index (κ3) is 4.01. The Labute approximate surface area is 56.4 Å². The highest BCUT2D eigenvalue weighted by atomic mass is 16.5. The number of hydrogen-bond acceptors (Lipinski definition) is 2. The van der Waals surface area contributed by atoms with Crippen LogP contribution in [0.3, 0.4) is 0 Å². The molecule has 0 spiro atoms. The third-order valence-electron chi connectivity index (χ3n) is 0.980. The Bertz CT molecular complexity index is 113. The fourth-order valence-corrected chi connectivity index (χ4v) is 0.614. The van der Waals surface area contributed by atoms with Crippen molar-refractivity contribution in [2.45, 2.75) is 18.9 Å². The lowest BCUT2D eigenvalue weighted by Crippen LogP contribution is -2.40. The average molecular weight is 127 g/mol. The van der Waals surface area contributed by atoms with E-state index in [0.717, 1.165) is 0 Å². The zero-order chi connectivity index (χ0) is 7.33. The summed E-state index contributed by atoms with van der Waals surface area (Å²) in [5.41, 5.74) is 5.31. The van der Waals surface area contributed by atoms with Crippen molar-refractivity contribution in [1.82, 2.24) is 0 Å². The predicted molar refractivity (Wildman–Crippen MR) is 37.9 cm³/mol. The van der Waals surface area contributed by atoms with E-state index in [1.807, 2.05) is 6.92 Å². The molecule has 0 rings (SSSR count). The fraction of sp³-hybridized carbons (Fsp3) is 0.714. The number of hydrogen-bond donors (Lipinski definition) is 1. The minimum atomic E-state index is -0.358. The summed E-state index contributed by atoms with van der Waals surface area (Å²) in [6, 6.07) is 0. The molecule has 1 atom stereocenters. The first-order chi connectivity index (χ1) is 4.12. The van der Waals surface area contributed by atoms with Gasteiger partial charge in [0.1, 0.15) is 0 Å². The zero-order valence-electron chi connectivity index (χ0n) is 5.98. The van der Waals surface area contributed by atoms with E-state index in [0.29, 0.717) is 13.0 Å². The van der Waals surface area contributed by atoms with Crippen molar-refractivity contribution < 1.29 is 4.74 Å². The van der Waals surface area contributed by atoms with Gasteiger partial charge in [0.05, 0.1) is 6.61 Å². The second-order valence-electron chi connectivity index (χ2n) is 2.47. The van der Waals surface area contributed by atoms with Crippen molar-refractivity contribution in [2.75, 3.05) is 13.7 Å². The number of ether oxygens (including phenoxy) is 1. The Balaban J connectivity index is 3.59. The van der Waals surface area contributed by atoms with Crippen LogP contribution in [-0.4, -0.2) is 19.3 Å². The van der Waals surface area contributed by atoms with Crippen molar-refractivity contribution in [3.8, 4) is 12.3 Å². The molecule has 0 aliphatic heterocycles. The summed E-state index contributed by atoms with van der Waals surface area (Å²) in [5.74, 6) is 2.49. The van der Waals surface area contributed by atoms with Gasteiger partial charge in [-0.3, -0.25) is 0 Å². The smallest absolute Gasteiger partial charge is 0.0649 e. The highest BCUT2D eigenvalue weighted by Gasteiger charge is 2.15. The molecule has 0 aliphatic rings. The molecule has 0 aromatic rings. The van der Waals surface area contributed by atoms with E-state index in [9.17, 15) is 0 Å². The normalized spacial score (nSPS) is 16.2. The lowest BCUT2D eigenvalue weighted by Gasteiger charge is -2.19. The molecule has 52 valence electrons. The third-order valence-corrected chi connectivity index (χ3v) is 0.980. The molecule has 0 aromatic carbocycles. The van der Waals surface area contributed by atoms with Crippen LogP contribution in [0.5, 0.6) is 0 Å². The van der Waals surface area contributed by atoms with E-state index >= 15 is 0 Å². The Hall–Kier alpha value is -0.520. The summed E-state index contributed by atoms with van der Waals surface area (Å²) in [7, 11) is 1.61. The SMILES string of the molecule is C#CCC(C)(N)COC. The van der Waals surface area contributed by atoms with Crippen LogP contribution in [0, 0.1) is 12.3 Å².